The molecule has 0 atom stereocenters. The summed E-state index contributed by atoms with van der Waals surface area (Å²) in [6, 6.07) is 26.5. The van der Waals surface area contributed by atoms with Crippen molar-refractivity contribution >= 4 is 76.6 Å². The van der Waals surface area contributed by atoms with Gasteiger partial charge in [-0.2, -0.15) is 0 Å². The van der Waals surface area contributed by atoms with E-state index < -0.39 is 0 Å². The Bertz CT molecular complexity index is 1330. The minimum atomic E-state index is -0.196. The van der Waals surface area contributed by atoms with Gasteiger partial charge in [0, 0.05) is 18.7 Å². The molecule has 0 saturated heterocycles. The molecule has 0 unspecified atom stereocenters. The van der Waals surface area contributed by atoms with Crippen LogP contribution in [0.3, 0.4) is 0 Å². The number of aryl methyl sites for hydroxylation is 2. The summed E-state index contributed by atoms with van der Waals surface area (Å²) in [5, 5.41) is 5.96. The van der Waals surface area contributed by atoms with E-state index in [9.17, 15) is 9.59 Å². The van der Waals surface area contributed by atoms with E-state index in [0.29, 0.717) is 22.5 Å². The number of hydrogen-bond donors (Lipinski definition) is 2. The zero-order chi connectivity index (χ0) is 25.7. The number of hydrogen-bond acceptors (Lipinski definition) is 4. The van der Waals surface area contributed by atoms with Crippen LogP contribution in [0.2, 0.25) is 0 Å². The average molecular weight is 642 g/mol. The Balaban J connectivity index is 1.50. The predicted molar refractivity (Wildman–Crippen MR) is 158 cm³/mol. The van der Waals surface area contributed by atoms with Crippen molar-refractivity contribution in [3.8, 4) is 0 Å². The van der Waals surface area contributed by atoms with Gasteiger partial charge < -0.3 is 10.6 Å². The van der Waals surface area contributed by atoms with Gasteiger partial charge in [0.05, 0.1) is 22.5 Å². The molecule has 0 aromatic heterocycles. The molecule has 182 valence electrons. The van der Waals surface area contributed by atoms with E-state index in [1.807, 2.05) is 86.6 Å². The quantitative estimate of drug-likeness (QED) is 0.198. The molecule has 8 heteroatoms. The predicted octanol–water partition coefficient (Wildman–Crippen LogP) is 9.13. The molecule has 0 aliphatic heterocycles. The lowest BCUT2D eigenvalue weighted by Crippen LogP contribution is -2.13. The molecule has 0 aliphatic carbocycles. The Hall–Kier alpha value is -2.52. The van der Waals surface area contributed by atoms with Gasteiger partial charge in [0.1, 0.15) is 0 Å². The van der Waals surface area contributed by atoms with Crippen molar-refractivity contribution in [3.63, 3.8) is 0 Å². The summed E-state index contributed by atoms with van der Waals surface area (Å²) >= 11 is 7.03. The van der Waals surface area contributed by atoms with Gasteiger partial charge in [-0.3, -0.25) is 9.59 Å². The first-order chi connectivity index (χ1) is 17.3. The summed E-state index contributed by atoms with van der Waals surface area (Å²) in [4.78, 5) is 27.8. The van der Waals surface area contributed by atoms with E-state index in [-0.39, 0.29) is 11.8 Å². The largest absolute Gasteiger partial charge is 0.321 e. The molecular formula is C28H22Br2N2O2S2. The SMILES string of the molecule is Cc1ccc(NC(=O)c2ccccc2SSc2ccccc2C(=O)Nc2ccc(C)cc2Br)c(Br)c1. The maximum Gasteiger partial charge on any atom is 0.256 e. The molecule has 0 heterocycles. The number of rotatable bonds is 7. The fourth-order valence-corrected chi connectivity index (χ4v) is 6.91. The van der Waals surface area contributed by atoms with Crippen LogP contribution in [0.5, 0.6) is 0 Å². The van der Waals surface area contributed by atoms with Gasteiger partial charge in [0.2, 0.25) is 0 Å². The Labute approximate surface area is 235 Å². The Morgan fingerprint density at radius 3 is 1.39 bits per heavy atom. The highest BCUT2D eigenvalue weighted by molar-refractivity contribution is 9.11. The first-order valence-electron chi connectivity index (χ1n) is 11.0. The average Bonchev–Trinajstić information content (AvgIpc) is 2.86. The highest BCUT2D eigenvalue weighted by Crippen LogP contribution is 2.41. The lowest BCUT2D eigenvalue weighted by Gasteiger charge is -2.13. The molecule has 36 heavy (non-hydrogen) atoms. The first-order valence-corrected chi connectivity index (χ1v) is 14.7. The minimum absolute atomic E-state index is 0.196. The molecule has 4 aromatic carbocycles. The van der Waals surface area contributed by atoms with Crippen LogP contribution in [0.25, 0.3) is 0 Å². The molecule has 0 fully saturated rings. The Morgan fingerprint density at radius 1 is 0.611 bits per heavy atom. The van der Waals surface area contributed by atoms with E-state index >= 15 is 0 Å². The smallest absolute Gasteiger partial charge is 0.256 e. The zero-order valence-electron chi connectivity index (χ0n) is 19.5. The lowest BCUT2D eigenvalue weighted by molar-refractivity contribution is 0.101. The molecule has 0 saturated carbocycles. The van der Waals surface area contributed by atoms with Crippen LogP contribution in [-0.4, -0.2) is 11.8 Å². The number of anilines is 2. The van der Waals surface area contributed by atoms with Gasteiger partial charge >= 0.3 is 0 Å². The number of benzene rings is 4. The third kappa shape index (κ3) is 6.62. The van der Waals surface area contributed by atoms with Crippen molar-refractivity contribution in [2.75, 3.05) is 10.6 Å². The van der Waals surface area contributed by atoms with E-state index in [2.05, 4.69) is 42.5 Å². The molecule has 4 aromatic rings. The van der Waals surface area contributed by atoms with Crippen LogP contribution in [0.1, 0.15) is 31.8 Å². The summed E-state index contributed by atoms with van der Waals surface area (Å²) in [6.07, 6.45) is 0. The van der Waals surface area contributed by atoms with Gasteiger partial charge in [-0.1, -0.05) is 58.0 Å². The summed E-state index contributed by atoms with van der Waals surface area (Å²) < 4.78 is 1.66. The first kappa shape index (κ1) is 26.5. The van der Waals surface area contributed by atoms with E-state index in [1.54, 1.807) is 12.1 Å². The molecule has 0 aliphatic rings. The van der Waals surface area contributed by atoms with Crippen LogP contribution in [0.4, 0.5) is 11.4 Å². The van der Waals surface area contributed by atoms with Crippen LogP contribution in [0.15, 0.2) is 104 Å². The van der Waals surface area contributed by atoms with Crippen molar-refractivity contribution in [2.24, 2.45) is 0 Å². The van der Waals surface area contributed by atoms with Crippen molar-refractivity contribution in [1.82, 2.24) is 0 Å². The number of carbonyl (C=O) groups is 2. The topological polar surface area (TPSA) is 58.2 Å². The molecule has 2 N–H and O–H groups in total. The van der Waals surface area contributed by atoms with Gasteiger partial charge in [-0.05, 0) is 105 Å². The molecule has 4 nitrogen and oxygen atoms in total. The third-order valence-corrected chi connectivity index (χ3v) is 9.02. The van der Waals surface area contributed by atoms with Crippen LogP contribution < -0.4 is 10.6 Å². The summed E-state index contributed by atoms with van der Waals surface area (Å²) in [5.41, 5.74) is 4.75. The maximum atomic E-state index is 13.1. The number of halogens is 2. The number of nitrogens with one attached hydrogen (secondary N) is 2. The van der Waals surface area contributed by atoms with Crippen LogP contribution in [0, 0.1) is 13.8 Å². The number of carbonyl (C=O) groups excluding carboxylic acids is 2. The highest BCUT2D eigenvalue weighted by atomic mass is 79.9. The third-order valence-electron chi connectivity index (χ3n) is 5.23. The zero-order valence-corrected chi connectivity index (χ0v) is 24.3. The van der Waals surface area contributed by atoms with Crippen molar-refractivity contribution in [2.45, 2.75) is 23.6 Å². The fraction of sp³-hybridized carbons (Fsp3) is 0.0714. The van der Waals surface area contributed by atoms with E-state index in [4.69, 9.17) is 0 Å². The second-order valence-electron chi connectivity index (χ2n) is 8.03. The fourth-order valence-electron chi connectivity index (χ4n) is 3.37. The maximum absolute atomic E-state index is 13.1. The minimum Gasteiger partial charge on any atom is -0.321 e. The standard InChI is InChI=1S/C28H22Br2N2O2S2/c1-17-11-13-23(21(29)15-17)31-27(33)19-7-3-5-9-25(19)35-36-26-10-6-4-8-20(26)28(34)32-24-14-12-18(2)16-22(24)30/h3-16H,1-2H3,(H,31,33)(H,32,34). The summed E-state index contributed by atoms with van der Waals surface area (Å²) in [7, 11) is 2.89. The molecule has 0 bridgehead atoms. The Morgan fingerprint density at radius 2 is 1.00 bits per heavy atom. The second kappa shape index (κ2) is 12.1. The van der Waals surface area contributed by atoms with E-state index in [1.165, 1.54) is 21.6 Å². The van der Waals surface area contributed by atoms with Gasteiger partial charge in [0.25, 0.3) is 11.8 Å². The van der Waals surface area contributed by atoms with Gasteiger partial charge in [-0.15, -0.1) is 0 Å². The normalized spacial score (nSPS) is 10.7. The van der Waals surface area contributed by atoms with Crippen LogP contribution >= 0.6 is 53.4 Å². The van der Waals surface area contributed by atoms with E-state index in [0.717, 1.165) is 29.9 Å². The molecular weight excluding hydrogens is 620 g/mol. The highest BCUT2D eigenvalue weighted by Gasteiger charge is 2.17. The van der Waals surface area contributed by atoms with Gasteiger partial charge in [-0.25, -0.2) is 0 Å². The monoisotopic (exact) mass is 640 g/mol. The Kier molecular flexibility index (Phi) is 8.95. The van der Waals surface area contributed by atoms with Crippen molar-refractivity contribution in [3.05, 3.63) is 116 Å². The molecule has 4 rings (SSSR count). The van der Waals surface area contributed by atoms with Gasteiger partial charge in [0.15, 0.2) is 0 Å². The second-order valence-corrected chi connectivity index (χ2v) is 12.0. The molecule has 0 spiro atoms. The van der Waals surface area contributed by atoms with Crippen LogP contribution in [-0.2, 0) is 0 Å². The lowest BCUT2D eigenvalue weighted by atomic mass is 10.2. The summed E-state index contributed by atoms with van der Waals surface area (Å²) in [6.45, 7) is 3.99. The molecule has 0 radical (unpaired) electrons. The van der Waals surface area contributed by atoms with Crippen molar-refractivity contribution in [1.29, 1.82) is 0 Å². The number of amides is 2. The summed E-state index contributed by atoms with van der Waals surface area (Å²) in [5.74, 6) is -0.392. The molecule has 2 amide bonds. The van der Waals surface area contributed by atoms with Crippen molar-refractivity contribution < 1.29 is 9.59 Å².